The molecule has 0 N–H and O–H groups in total. The average Bonchev–Trinajstić information content (AvgIpc) is 3.10. The molecule has 3 rings (SSSR count). The summed E-state index contributed by atoms with van der Waals surface area (Å²) in [5, 5.41) is 7.41. The SMILES string of the molecule is O=C(Oc1ccc(-c2nnco2)cc1)c1ccc(Br)s1. The Morgan fingerprint density at radius 3 is 2.60 bits per heavy atom. The van der Waals surface area contributed by atoms with Gasteiger partial charge in [-0.3, -0.25) is 0 Å². The number of halogens is 1. The van der Waals surface area contributed by atoms with Crippen molar-refractivity contribution in [1.29, 1.82) is 0 Å². The molecule has 0 saturated heterocycles. The van der Waals surface area contributed by atoms with E-state index in [0.717, 1.165) is 9.35 Å². The maximum absolute atomic E-state index is 11.9. The summed E-state index contributed by atoms with van der Waals surface area (Å²) >= 11 is 4.63. The third-order valence-electron chi connectivity index (χ3n) is 2.45. The largest absolute Gasteiger partial charge is 0.423 e. The summed E-state index contributed by atoms with van der Waals surface area (Å²) < 4.78 is 11.2. The van der Waals surface area contributed by atoms with Crippen molar-refractivity contribution in [2.24, 2.45) is 0 Å². The van der Waals surface area contributed by atoms with Gasteiger partial charge in [0.2, 0.25) is 12.3 Å². The molecule has 2 aromatic heterocycles. The Bertz CT molecular complexity index is 722. The number of aromatic nitrogens is 2. The van der Waals surface area contributed by atoms with Gasteiger partial charge in [-0.05, 0) is 52.3 Å². The monoisotopic (exact) mass is 350 g/mol. The van der Waals surface area contributed by atoms with Crippen LogP contribution in [0, 0.1) is 0 Å². The van der Waals surface area contributed by atoms with E-state index < -0.39 is 0 Å². The van der Waals surface area contributed by atoms with E-state index >= 15 is 0 Å². The Morgan fingerprint density at radius 2 is 2.00 bits per heavy atom. The quantitative estimate of drug-likeness (QED) is 0.531. The van der Waals surface area contributed by atoms with Gasteiger partial charge in [-0.2, -0.15) is 0 Å². The van der Waals surface area contributed by atoms with Gasteiger partial charge in [0.1, 0.15) is 10.6 Å². The van der Waals surface area contributed by atoms with Crippen LogP contribution in [-0.2, 0) is 0 Å². The molecule has 20 heavy (non-hydrogen) atoms. The molecule has 0 spiro atoms. The Balaban J connectivity index is 1.74. The Labute approximate surface area is 126 Å². The van der Waals surface area contributed by atoms with E-state index in [9.17, 15) is 4.79 Å². The van der Waals surface area contributed by atoms with Gasteiger partial charge in [0.25, 0.3) is 0 Å². The lowest BCUT2D eigenvalue weighted by Gasteiger charge is -2.02. The van der Waals surface area contributed by atoms with Crippen LogP contribution in [0.15, 0.2) is 51.0 Å². The minimum absolute atomic E-state index is 0.383. The van der Waals surface area contributed by atoms with Gasteiger partial charge in [0.05, 0.1) is 3.79 Å². The summed E-state index contributed by atoms with van der Waals surface area (Å²) in [7, 11) is 0. The predicted molar refractivity (Wildman–Crippen MR) is 76.7 cm³/mol. The molecule has 2 heterocycles. The molecule has 0 aliphatic carbocycles. The highest BCUT2D eigenvalue weighted by Crippen LogP contribution is 2.25. The van der Waals surface area contributed by atoms with Gasteiger partial charge in [-0.1, -0.05) is 0 Å². The normalized spacial score (nSPS) is 10.4. The van der Waals surface area contributed by atoms with Crippen molar-refractivity contribution in [1.82, 2.24) is 10.2 Å². The number of benzene rings is 1. The van der Waals surface area contributed by atoms with E-state index in [1.54, 1.807) is 36.4 Å². The second kappa shape index (κ2) is 5.56. The summed E-state index contributed by atoms with van der Waals surface area (Å²) in [5.74, 6) is 0.499. The first kappa shape index (κ1) is 13.0. The van der Waals surface area contributed by atoms with Crippen LogP contribution in [0.25, 0.3) is 11.5 Å². The van der Waals surface area contributed by atoms with Crippen molar-refractivity contribution in [2.75, 3.05) is 0 Å². The summed E-state index contributed by atoms with van der Waals surface area (Å²) in [6.07, 6.45) is 1.26. The van der Waals surface area contributed by atoms with E-state index in [1.807, 2.05) is 0 Å². The van der Waals surface area contributed by atoms with E-state index in [1.165, 1.54) is 17.7 Å². The third-order valence-corrected chi connectivity index (χ3v) is 4.05. The van der Waals surface area contributed by atoms with Gasteiger partial charge >= 0.3 is 5.97 Å². The maximum atomic E-state index is 11.9. The molecule has 0 aliphatic heterocycles. The molecule has 3 aromatic rings. The number of thiophene rings is 1. The Morgan fingerprint density at radius 1 is 1.20 bits per heavy atom. The average molecular weight is 351 g/mol. The van der Waals surface area contributed by atoms with Crippen LogP contribution in [0.4, 0.5) is 0 Å². The number of ether oxygens (including phenoxy) is 1. The van der Waals surface area contributed by atoms with Crippen LogP contribution >= 0.6 is 27.3 Å². The van der Waals surface area contributed by atoms with Gasteiger partial charge in [0, 0.05) is 5.56 Å². The van der Waals surface area contributed by atoms with Gasteiger partial charge in [-0.25, -0.2) is 4.79 Å². The molecule has 7 heteroatoms. The summed E-state index contributed by atoms with van der Waals surface area (Å²) in [5.41, 5.74) is 0.765. The molecule has 0 fully saturated rings. The standard InChI is InChI=1S/C13H7BrN2O3S/c14-11-6-5-10(20-11)13(17)19-9-3-1-8(2-4-9)12-16-15-7-18-12/h1-7H. The van der Waals surface area contributed by atoms with Crippen molar-refractivity contribution in [3.63, 3.8) is 0 Å². The van der Waals surface area contributed by atoms with Crippen LogP contribution in [0.3, 0.4) is 0 Å². The highest BCUT2D eigenvalue weighted by molar-refractivity contribution is 9.11. The van der Waals surface area contributed by atoms with Crippen molar-refractivity contribution in [3.8, 4) is 17.2 Å². The molecule has 0 aliphatic rings. The van der Waals surface area contributed by atoms with Crippen molar-refractivity contribution in [2.45, 2.75) is 0 Å². The Kier molecular flexibility index (Phi) is 3.62. The fourth-order valence-electron chi connectivity index (χ4n) is 1.55. The molecule has 0 radical (unpaired) electrons. The number of carbonyl (C=O) groups is 1. The highest BCUT2D eigenvalue weighted by Gasteiger charge is 2.11. The van der Waals surface area contributed by atoms with Crippen LogP contribution in [0.1, 0.15) is 9.67 Å². The summed E-state index contributed by atoms with van der Waals surface area (Å²) in [4.78, 5) is 12.4. The molecule has 0 amide bonds. The Hall–Kier alpha value is -1.99. The minimum atomic E-state index is -0.383. The number of carbonyl (C=O) groups excluding carboxylic acids is 1. The number of esters is 1. The van der Waals surface area contributed by atoms with Crippen LogP contribution in [0.2, 0.25) is 0 Å². The van der Waals surface area contributed by atoms with Gasteiger partial charge in [-0.15, -0.1) is 21.5 Å². The topological polar surface area (TPSA) is 65.2 Å². The molecule has 0 bridgehead atoms. The van der Waals surface area contributed by atoms with E-state index in [0.29, 0.717) is 16.5 Å². The number of rotatable bonds is 3. The zero-order valence-corrected chi connectivity index (χ0v) is 12.3. The summed E-state index contributed by atoms with van der Waals surface area (Å²) in [6.45, 7) is 0. The van der Waals surface area contributed by atoms with Crippen LogP contribution in [0.5, 0.6) is 5.75 Å². The first-order valence-electron chi connectivity index (χ1n) is 5.56. The molecule has 1 aromatic carbocycles. The maximum Gasteiger partial charge on any atom is 0.353 e. The van der Waals surface area contributed by atoms with Crippen molar-refractivity contribution >= 4 is 33.2 Å². The van der Waals surface area contributed by atoms with Gasteiger partial charge < -0.3 is 9.15 Å². The third kappa shape index (κ3) is 2.78. The smallest absolute Gasteiger partial charge is 0.353 e. The molecule has 100 valence electrons. The fourth-order valence-corrected chi connectivity index (χ4v) is 2.81. The molecule has 0 unspecified atom stereocenters. The van der Waals surface area contributed by atoms with E-state index in [4.69, 9.17) is 9.15 Å². The zero-order valence-electron chi connectivity index (χ0n) is 9.95. The van der Waals surface area contributed by atoms with E-state index in [-0.39, 0.29) is 5.97 Å². The molecular formula is C13H7BrN2O3S. The number of nitrogens with zero attached hydrogens (tertiary/aromatic N) is 2. The lowest BCUT2D eigenvalue weighted by atomic mass is 10.2. The lowest BCUT2D eigenvalue weighted by Crippen LogP contribution is -2.06. The molecule has 5 nitrogen and oxygen atoms in total. The molecule has 0 atom stereocenters. The van der Waals surface area contributed by atoms with Crippen molar-refractivity contribution < 1.29 is 13.9 Å². The number of hydrogen-bond donors (Lipinski definition) is 0. The number of hydrogen-bond acceptors (Lipinski definition) is 6. The summed E-state index contributed by atoms with van der Waals surface area (Å²) in [6, 6.07) is 10.4. The molecular weight excluding hydrogens is 344 g/mol. The second-order valence-corrected chi connectivity index (χ2v) is 6.22. The first-order chi connectivity index (χ1) is 9.72. The highest BCUT2D eigenvalue weighted by atomic mass is 79.9. The molecule has 0 saturated carbocycles. The lowest BCUT2D eigenvalue weighted by molar-refractivity contribution is 0.0740. The van der Waals surface area contributed by atoms with Crippen LogP contribution in [-0.4, -0.2) is 16.2 Å². The second-order valence-electron chi connectivity index (χ2n) is 3.76. The minimum Gasteiger partial charge on any atom is -0.423 e. The van der Waals surface area contributed by atoms with Crippen LogP contribution < -0.4 is 4.74 Å². The van der Waals surface area contributed by atoms with E-state index in [2.05, 4.69) is 26.1 Å². The van der Waals surface area contributed by atoms with Gasteiger partial charge in [0.15, 0.2) is 0 Å². The zero-order chi connectivity index (χ0) is 13.9. The predicted octanol–water partition coefficient (Wildman–Crippen LogP) is 3.78. The van der Waals surface area contributed by atoms with Crippen molar-refractivity contribution in [3.05, 3.63) is 51.5 Å². The first-order valence-corrected chi connectivity index (χ1v) is 7.17. The fraction of sp³-hybridized carbons (Fsp3) is 0.